The zero-order chi connectivity index (χ0) is 17.0. The van der Waals surface area contributed by atoms with Gasteiger partial charge in [-0.25, -0.2) is 4.99 Å². The van der Waals surface area contributed by atoms with Crippen molar-refractivity contribution in [3.8, 4) is 0 Å². The Kier molecular flexibility index (Phi) is 5.67. The largest absolute Gasteiger partial charge is 0.366 e. The quantitative estimate of drug-likeness (QED) is 0.545. The van der Waals surface area contributed by atoms with Crippen LogP contribution in [-0.2, 0) is 0 Å². The number of benzene rings is 2. The van der Waals surface area contributed by atoms with E-state index in [4.69, 9.17) is 11.6 Å². The molecule has 0 aliphatic rings. The first-order valence-corrected chi connectivity index (χ1v) is 8.15. The van der Waals surface area contributed by atoms with E-state index in [1.165, 1.54) is 5.56 Å². The number of halogens is 1. The zero-order valence-electron chi connectivity index (χ0n) is 14.5. The van der Waals surface area contributed by atoms with Crippen LogP contribution in [0.1, 0.15) is 18.1 Å². The molecular formula is C19H24ClN3. The predicted octanol–water partition coefficient (Wildman–Crippen LogP) is 5.34. The van der Waals surface area contributed by atoms with Gasteiger partial charge in [0.05, 0.1) is 17.0 Å². The molecule has 0 amide bonds. The lowest BCUT2D eigenvalue weighted by atomic mass is 10.1. The fourth-order valence-corrected chi connectivity index (χ4v) is 2.54. The maximum absolute atomic E-state index is 6.43. The van der Waals surface area contributed by atoms with E-state index in [1.807, 2.05) is 30.4 Å². The highest BCUT2D eigenvalue weighted by atomic mass is 35.5. The number of aliphatic imine (C=N–C) groups is 1. The Morgan fingerprint density at radius 2 is 1.87 bits per heavy atom. The summed E-state index contributed by atoms with van der Waals surface area (Å²) in [6.07, 6.45) is 1.81. The van der Waals surface area contributed by atoms with Crippen LogP contribution in [0.4, 0.5) is 17.1 Å². The summed E-state index contributed by atoms with van der Waals surface area (Å²) in [6, 6.07) is 12.4. The van der Waals surface area contributed by atoms with Gasteiger partial charge in [-0.1, -0.05) is 23.7 Å². The number of anilines is 2. The van der Waals surface area contributed by atoms with Crippen molar-refractivity contribution < 1.29 is 0 Å². The monoisotopic (exact) mass is 329 g/mol. The molecule has 0 aromatic heterocycles. The van der Waals surface area contributed by atoms with Gasteiger partial charge < -0.3 is 9.80 Å². The molecule has 4 heteroatoms. The number of nitrogens with zero attached hydrogens (tertiary/aromatic N) is 3. The molecule has 0 atom stereocenters. The lowest BCUT2D eigenvalue weighted by Crippen LogP contribution is -2.14. The zero-order valence-corrected chi connectivity index (χ0v) is 15.2. The number of hydrogen-bond acceptors (Lipinski definition) is 2. The normalized spacial score (nSPS) is 11.0. The SMILES string of the molecule is CCN(C)C=Nc1cc(C)c(N(C)c2cccc(C)c2)cc1Cl. The van der Waals surface area contributed by atoms with Crippen LogP contribution in [0.5, 0.6) is 0 Å². The van der Waals surface area contributed by atoms with Crippen molar-refractivity contribution in [2.45, 2.75) is 20.8 Å². The van der Waals surface area contributed by atoms with E-state index in [9.17, 15) is 0 Å². The second kappa shape index (κ2) is 7.51. The summed E-state index contributed by atoms with van der Waals surface area (Å²) in [5.41, 5.74) is 5.41. The average molecular weight is 330 g/mol. The summed E-state index contributed by atoms with van der Waals surface area (Å²) < 4.78 is 0. The molecule has 0 aliphatic carbocycles. The first-order valence-electron chi connectivity index (χ1n) is 7.77. The summed E-state index contributed by atoms with van der Waals surface area (Å²) in [4.78, 5) is 8.64. The van der Waals surface area contributed by atoms with Crippen LogP contribution in [0.3, 0.4) is 0 Å². The van der Waals surface area contributed by atoms with Gasteiger partial charge in [-0.3, -0.25) is 0 Å². The van der Waals surface area contributed by atoms with E-state index < -0.39 is 0 Å². The maximum atomic E-state index is 6.43. The Bertz CT molecular complexity index is 710. The molecule has 0 bridgehead atoms. The molecule has 0 saturated heterocycles. The van der Waals surface area contributed by atoms with Gasteiger partial charge in [-0.2, -0.15) is 0 Å². The van der Waals surface area contributed by atoms with E-state index in [0.29, 0.717) is 5.02 Å². The van der Waals surface area contributed by atoms with Gasteiger partial charge in [0.1, 0.15) is 0 Å². The third-order valence-electron chi connectivity index (χ3n) is 3.91. The molecule has 3 nitrogen and oxygen atoms in total. The first kappa shape index (κ1) is 17.4. The minimum Gasteiger partial charge on any atom is -0.366 e. The summed E-state index contributed by atoms with van der Waals surface area (Å²) in [5.74, 6) is 0. The van der Waals surface area contributed by atoms with Gasteiger partial charge in [0.2, 0.25) is 0 Å². The molecule has 0 unspecified atom stereocenters. The van der Waals surface area contributed by atoms with Crippen LogP contribution in [0.25, 0.3) is 0 Å². The molecule has 0 spiro atoms. The minimum atomic E-state index is 0.658. The second-order valence-corrected chi connectivity index (χ2v) is 6.21. The highest BCUT2D eigenvalue weighted by Gasteiger charge is 2.11. The van der Waals surface area contributed by atoms with Crippen LogP contribution in [0, 0.1) is 13.8 Å². The molecule has 23 heavy (non-hydrogen) atoms. The van der Waals surface area contributed by atoms with Gasteiger partial charge in [0.25, 0.3) is 0 Å². The molecule has 0 fully saturated rings. The Hall–Kier alpha value is -2.00. The van der Waals surface area contributed by atoms with Crippen LogP contribution >= 0.6 is 11.6 Å². The standard InChI is InChI=1S/C19H24ClN3/c1-6-22(4)13-21-18-11-15(3)19(12-17(18)20)23(5)16-9-7-8-14(2)10-16/h7-13H,6H2,1-5H3. The minimum absolute atomic E-state index is 0.658. The number of hydrogen-bond donors (Lipinski definition) is 0. The summed E-state index contributed by atoms with van der Waals surface area (Å²) in [6.45, 7) is 7.17. The molecule has 2 rings (SSSR count). The van der Waals surface area contributed by atoms with Crippen molar-refractivity contribution in [2.24, 2.45) is 4.99 Å². The highest BCUT2D eigenvalue weighted by molar-refractivity contribution is 6.33. The van der Waals surface area contributed by atoms with Crippen LogP contribution < -0.4 is 4.90 Å². The van der Waals surface area contributed by atoms with Crippen LogP contribution in [-0.4, -0.2) is 31.9 Å². The Morgan fingerprint density at radius 3 is 2.52 bits per heavy atom. The predicted molar refractivity (Wildman–Crippen MR) is 102 cm³/mol. The van der Waals surface area contributed by atoms with E-state index in [0.717, 1.165) is 29.2 Å². The molecule has 0 radical (unpaired) electrons. The Morgan fingerprint density at radius 1 is 1.13 bits per heavy atom. The van der Waals surface area contributed by atoms with E-state index in [2.05, 4.69) is 62.0 Å². The van der Waals surface area contributed by atoms with E-state index in [1.54, 1.807) is 0 Å². The number of rotatable bonds is 5. The highest BCUT2D eigenvalue weighted by Crippen LogP contribution is 2.35. The average Bonchev–Trinajstić information content (AvgIpc) is 2.54. The van der Waals surface area contributed by atoms with Gasteiger partial charge >= 0.3 is 0 Å². The molecule has 2 aromatic carbocycles. The fourth-order valence-electron chi connectivity index (χ4n) is 2.33. The number of aryl methyl sites for hydroxylation is 2. The summed E-state index contributed by atoms with van der Waals surface area (Å²) >= 11 is 6.43. The molecule has 122 valence electrons. The van der Waals surface area contributed by atoms with Crippen LogP contribution in [0.2, 0.25) is 5.02 Å². The fraction of sp³-hybridized carbons (Fsp3) is 0.316. The molecule has 0 N–H and O–H groups in total. The third kappa shape index (κ3) is 4.26. The summed E-state index contributed by atoms with van der Waals surface area (Å²) in [7, 11) is 4.05. The van der Waals surface area contributed by atoms with Crippen LogP contribution in [0.15, 0.2) is 41.4 Å². The van der Waals surface area contributed by atoms with Gasteiger partial charge in [0.15, 0.2) is 0 Å². The summed E-state index contributed by atoms with van der Waals surface area (Å²) in [5, 5.41) is 0.658. The topological polar surface area (TPSA) is 18.8 Å². The van der Waals surface area contributed by atoms with Crippen molar-refractivity contribution >= 4 is 35.0 Å². The first-order chi connectivity index (χ1) is 10.9. The molecular weight excluding hydrogens is 306 g/mol. The van der Waals surface area contributed by atoms with Gasteiger partial charge in [-0.05, 0) is 56.2 Å². The van der Waals surface area contributed by atoms with Gasteiger partial charge in [0, 0.05) is 32.0 Å². The molecule has 2 aromatic rings. The third-order valence-corrected chi connectivity index (χ3v) is 4.21. The maximum Gasteiger partial charge on any atom is 0.0910 e. The smallest absolute Gasteiger partial charge is 0.0910 e. The molecule has 0 saturated carbocycles. The van der Waals surface area contributed by atoms with Crippen molar-refractivity contribution in [1.82, 2.24) is 4.90 Å². The Labute approximate surface area is 144 Å². The molecule has 0 aliphatic heterocycles. The Balaban J connectivity index is 2.34. The van der Waals surface area contributed by atoms with E-state index in [-0.39, 0.29) is 0 Å². The van der Waals surface area contributed by atoms with Gasteiger partial charge in [-0.15, -0.1) is 0 Å². The second-order valence-electron chi connectivity index (χ2n) is 5.81. The van der Waals surface area contributed by atoms with Crippen molar-refractivity contribution in [2.75, 3.05) is 25.5 Å². The van der Waals surface area contributed by atoms with Crippen molar-refractivity contribution in [3.05, 3.63) is 52.5 Å². The lowest BCUT2D eigenvalue weighted by Gasteiger charge is -2.23. The molecule has 0 heterocycles. The van der Waals surface area contributed by atoms with Crippen molar-refractivity contribution in [3.63, 3.8) is 0 Å². The lowest BCUT2D eigenvalue weighted by molar-refractivity contribution is 0.552. The van der Waals surface area contributed by atoms with Crippen molar-refractivity contribution in [1.29, 1.82) is 0 Å². The van der Waals surface area contributed by atoms with E-state index >= 15 is 0 Å².